The van der Waals surface area contributed by atoms with Gasteiger partial charge in [-0.15, -0.1) is 0 Å². The average Bonchev–Trinajstić information content (AvgIpc) is 2.77. The van der Waals surface area contributed by atoms with Crippen LogP contribution in [0.4, 0.5) is 5.69 Å². The second-order valence-electron chi connectivity index (χ2n) is 6.80. The number of rotatable bonds is 7. The van der Waals surface area contributed by atoms with Crippen LogP contribution in [-0.2, 0) is 0 Å². The minimum Gasteiger partial charge on any atom is -0.503 e. The molecule has 0 aliphatic heterocycles. The number of carbonyl (C=O) groups is 2. The van der Waals surface area contributed by atoms with Crippen molar-refractivity contribution in [3.63, 3.8) is 0 Å². The number of hydrogen-bond donors (Lipinski definition) is 3. The topological polar surface area (TPSA) is 100 Å². The number of nitrogens with zero attached hydrogens (tertiary/aromatic N) is 1. The lowest BCUT2D eigenvalue weighted by Crippen LogP contribution is -2.21. The third-order valence-corrected chi connectivity index (χ3v) is 5.14. The molecule has 7 nitrogen and oxygen atoms in total. The van der Waals surface area contributed by atoms with Gasteiger partial charge < -0.3 is 15.2 Å². The highest BCUT2D eigenvalue weighted by atomic mass is 79.9. The third kappa shape index (κ3) is 5.53. The first-order valence-corrected chi connectivity index (χ1v) is 10.6. The molecule has 0 fully saturated rings. The van der Waals surface area contributed by atoms with Crippen LogP contribution < -0.4 is 15.5 Å². The summed E-state index contributed by atoms with van der Waals surface area (Å²) < 4.78 is 5.83. The molecule has 0 atom stereocenters. The third-order valence-electron chi connectivity index (χ3n) is 4.54. The van der Waals surface area contributed by atoms with Gasteiger partial charge in [-0.2, -0.15) is 5.10 Å². The normalized spacial score (nSPS) is 10.7. The van der Waals surface area contributed by atoms with E-state index in [0.717, 1.165) is 5.56 Å². The summed E-state index contributed by atoms with van der Waals surface area (Å²) in [7, 11) is 0. The lowest BCUT2D eigenvalue weighted by Gasteiger charge is -2.11. The molecule has 32 heavy (non-hydrogen) atoms. The van der Waals surface area contributed by atoms with E-state index in [1.165, 1.54) is 6.21 Å². The second-order valence-corrected chi connectivity index (χ2v) is 7.65. The van der Waals surface area contributed by atoms with Crippen LogP contribution in [0.1, 0.15) is 38.8 Å². The molecule has 3 rings (SSSR count). The maximum Gasteiger partial charge on any atom is 0.273 e. The second kappa shape index (κ2) is 10.6. The number of halogens is 1. The van der Waals surface area contributed by atoms with Crippen LogP contribution in [0.5, 0.6) is 11.5 Å². The molecule has 0 bridgehead atoms. The maximum atomic E-state index is 12.7. The number of phenols is 1. The number of amides is 2. The van der Waals surface area contributed by atoms with E-state index in [1.807, 2.05) is 26.0 Å². The first-order chi connectivity index (χ1) is 15.4. The molecular weight excluding hydrogens is 474 g/mol. The number of nitrogens with one attached hydrogen (secondary N) is 2. The van der Waals surface area contributed by atoms with Gasteiger partial charge in [0, 0.05) is 5.56 Å². The molecule has 8 heteroatoms. The number of carbonyl (C=O) groups excluding carboxylic acids is 2. The first-order valence-electron chi connectivity index (χ1n) is 9.85. The molecule has 3 aromatic carbocycles. The Morgan fingerprint density at radius 3 is 2.47 bits per heavy atom. The van der Waals surface area contributed by atoms with E-state index in [0.29, 0.717) is 33.6 Å². The Labute approximate surface area is 194 Å². The predicted octanol–water partition coefficient (Wildman–Crippen LogP) is 4.88. The monoisotopic (exact) mass is 495 g/mol. The Balaban J connectivity index is 1.74. The van der Waals surface area contributed by atoms with E-state index < -0.39 is 5.91 Å². The van der Waals surface area contributed by atoms with Crippen molar-refractivity contribution in [2.24, 2.45) is 5.10 Å². The summed E-state index contributed by atoms with van der Waals surface area (Å²) in [5.41, 5.74) is 5.08. The molecule has 0 saturated carbocycles. The summed E-state index contributed by atoms with van der Waals surface area (Å²) in [6, 6.07) is 17.2. The summed E-state index contributed by atoms with van der Waals surface area (Å²) in [5, 5.41) is 16.8. The van der Waals surface area contributed by atoms with Gasteiger partial charge >= 0.3 is 0 Å². The molecule has 2 amide bonds. The highest BCUT2D eigenvalue weighted by molar-refractivity contribution is 9.10. The number of hydrazone groups is 1. The zero-order valence-electron chi connectivity index (χ0n) is 17.6. The van der Waals surface area contributed by atoms with E-state index >= 15 is 0 Å². The summed E-state index contributed by atoms with van der Waals surface area (Å²) in [6.45, 7) is 4.05. The largest absolute Gasteiger partial charge is 0.503 e. The molecule has 164 valence electrons. The van der Waals surface area contributed by atoms with Gasteiger partial charge in [-0.3, -0.25) is 9.59 Å². The van der Waals surface area contributed by atoms with Crippen molar-refractivity contribution in [1.82, 2.24) is 5.43 Å². The molecule has 0 radical (unpaired) electrons. The number of para-hydroxylation sites is 1. The molecule has 0 spiro atoms. The van der Waals surface area contributed by atoms with Gasteiger partial charge in [0.2, 0.25) is 0 Å². The van der Waals surface area contributed by atoms with Crippen LogP contribution in [0, 0.1) is 6.92 Å². The van der Waals surface area contributed by atoms with Gasteiger partial charge in [0.1, 0.15) is 0 Å². The molecule has 0 heterocycles. The van der Waals surface area contributed by atoms with Crippen LogP contribution >= 0.6 is 15.9 Å². The fourth-order valence-corrected chi connectivity index (χ4v) is 3.43. The number of anilines is 1. The van der Waals surface area contributed by atoms with Gasteiger partial charge in [0.15, 0.2) is 11.5 Å². The minimum atomic E-state index is -0.482. The van der Waals surface area contributed by atoms with Crippen LogP contribution in [-0.4, -0.2) is 29.7 Å². The molecule has 0 aromatic heterocycles. The number of phenolic OH excluding ortho intramolecular Hbond substituents is 1. The predicted molar refractivity (Wildman–Crippen MR) is 128 cm³/mol. The Bertz CT molecular complexity index is 1180. The van der Waals surface area contributed by atoms with Crippen molar-refractivity contribution >= 4 is 39.6 Å². The van der Waals surface area contributed by atoms with E-state index in [2.05, 4.69) is 31.8 Å². The zero-order valence-corrected chi connectivity index (χ0v) is 19.1. The first kappa shape index (κ1) is 23.0. The lowest BCUT2D eigenvalue weighted by atomic mass is 10.1. The van der Waals surface area contributed by atoms with E-state index in [1.54, 1.807) is 48.5 Å². The summed E-state index contributed by atoms with van der Waals surface area (Å²) >= 11 is 3.26. The van der Waals surface area contributed by atoms with Gasteiger partial charge in [0.25, 0.3) is 11.8 Å². The standard InChI is InChI=1S/C24H22BrN3O4/c1-3-32-21-13-16(12-19(25)22(21)29)14-26-28-24(31)18-10-6-7-11-20(18)27-23(30)17-9-5-4-8-15(17)2/h4-14,29H,3H2,1-2H3,(H,27,30)(H,28,31)/b26-14-. The Kier molecular flexibility index (Phi) is 7.62. The van der Waals surface area contributed by atoms with Crippen LogP contribution in [0.15, 0.2) is 70.2 Å². The van der Waals surface area contributed by atoms with Crippen molar-refractivity contribution in [1.29, 1.82) is 0 Å². The van der Waals surface area contributed by atoms with Gasteiger partial charge in [-0.05, 0) is 71.2 Å². The van der Waals surface area contributed by atoms with Gasteiger partial charge in [0.05, 0.1) is 28.5 Å². The number of aryl methyl sites for hydroxylation is 1. The SMILES string of the molecule is CCOc1cc(/C=N\NC(=O)c2ccccc2NC(=O)c2ccccc2C)cc(Br)c1O. The summed E-state index contributed by atoms with van der Waals surface area (Å²) in [6.07, 6.45) is 1.43. The highest BCUT2D eigenvalue weighted by Crippen LogP contribution is 2.35. The molecule has 0 aliphatic rings. The number of aromatic hydroxyl groups is 1. The number of benzene rings is 3. The van der Waals surface area contributed by atoms with E-state index in [-0.39, 0.29) is 17.2 Å². The Hall–Kier alpha value is -3.65. The quantitative estimate of drug-likeness (QED) is 0.321. The lowest BCUT2D eigenvalue weighted by molar-refractivity contribution is 0.0956. The average molecular weight is 496 g/mol. The number of ether oxygens (including phenoxy) is 1. The van der Waals surface area contributed by atoms with Crippen molar-refractivity contribution < 1.29 is 19.4 Å². The van der Waals surface area contributed by atoms with E-state index in [9.17, 15) is 14.7 Å². The molecule has 3 aromatic rings. The van der Waals surface area contributed by atoms with Crippen molar-refractivity contribution in [2.75, 3.05) is 11.9 Å². The highest BCUT2D eigenvalue weighted by Gasteiger charge is 2.15. The smallest absolute Gasteiger partial charge is 0.273 e. The fraction of sp³-hybridized carbons (Fsp3) is 0.125. The van der Waals surface area contributed by atoms with Crippen molar-refractivity contribution in [3.05, 3.63) is 87.4 Å². The summed E-state index contributed by atoms with van der Waals surface area (Å²) in [5.74, 6) is -0.487. The van der Waals surface area contributed by atoms with Crippen molar-refractivity contribution in [3.8, 4) is 11.5 Å². The van der Waals surface area contributed by atoms with Crippen LogP contribution in [0.3, 0.4) is 0 Å². The molecule has 0 unspecified atom stereocenters. The van der Waals surface area contributed by atoms with Crippen molar-refractivity contribution in [2.45, 2.75) is 13.8 Å². The Morgan fingerprint density at radius 1 is 1.06 bits per heavy atom. The minimum absolute atomic E-state index is 0.00800. The van der Waals surface area contributed by atoms with Gasteiger partial charge in [-0.25, -0.2) is 5.43 Å². The van der Waals surface area contributed by atoms with E-state index in [4.69, 9.17) is 4.74 Å². The van der Waals surface area contributed by atoms with Crippen LogP contribution in [0.2, 0.25) is 0 Å². The molecule has 0 aliphatic carbocycles. The van der Waals surface area contributed by atoms with Gasteiger partial charge in [-0.1, -0.05) is 30.3 Å². The fourth-order valence-electron chi connectivity index (χ4n) is 2.97. The molecular formula is C24H22BrN3O4. The van der Waals surface area contributed by atoms with Crippen LogP contribution in [0.25, 0.3) is 0 Å². The number of hydrogen-bond acceptors (Lipinski definition) is 5. The zero-order chi connectivity index (χ0) is 23.1. The molecule has 0 saturated heterocycles. The summed E-state index contributed by atoms with van der Waals surface area (Å²) in [4.78, 5) is 25.3. The molecule has 3 N–H and O–H groups in total. The maximum absolute atomic E-state index is 12.7. The Morgan fingerprint density at radius 2 is 1.75 bits per heavy atom.